The molecule has 4 rings (SSSR count). The second kappa shape index (κ2) is 9.84. The van der Waals surface area contributed by atoms with Gasteiger partial charge < -0.3 is 15.7 Å². The van der Waals surface area contributed by atoms with Crippen molar-refractivity contribution in [3.05, 3.63) is 72.3 Å². The van der Waals surface area contributed by atoms with E-state index in [1.54, 1.807) is 0 Å². The smallest absolute Gasteiger partial charge is 0.301 e. The highest BCUT2D eigenvalue weighted by Crippen LogP contribution is 2.34. The molecule has 0 saturated heterocycles. The maximum atomic E-state index is 10.5. The van der Waals surface area contributed by atoms with E-state index in [0.29, 0.717) is 13.0 Å². The summed E-state index contributed by atoms with van der Waals surface area (Å²) in [6, 6.07) is 21.7. The molecule has 0 radical (unpaired) electrons. The van der Waals surface area contributed by atoms with Gasteiger partial charge in [-0.15, -0.1) is 0 Å². The van der Waals surface area contributed by atoms with Crippen LogP contribution in [0, 0.1) is 0 Å². The number of aliphatic hydroxyl groups is 1. The van der Waals surface area contributed by atoms with Crippen LogP contribution in [0.5, 0.6) is 0 Å². The van der Waals surface area contributed by atoms with Crippen LogP contribution in [-0.4, -0.2) is 32.0 Å². The number of fused-ring (bicyclic) bond motifs is 2. The summed E-state index contributed by atoms with van der Waals surface area (Å²) in [6.07, 6.45) is 0.568. The van der Waals surface area contributed by atoms with Crippen molar-refractivity contribution in [2.24, 2.45) is 0 Å². The van der Waals surface area contributed by atoms with E-state index in [2.05, 4.69) is 14.8 Å². The number of pyridine rings is 1. The average molecular weight is 438 g/mol. The molecule has 31 heavy (non-hydrogen) atoms. The van der Waals surface area contributed by atoms with Gasteiger partial charge in [-0.1, -0.05) is 36.4 Å². The van der Waals surface area contributed by atoms with Crippen LogP contribution < -0.4 is 10.6 Å². The van der Waals surface area contributed by atoms with Crippen molar-refractivity contribution in [2.75, 3.05) is 23.8 Å². The summed E-state index contributed by atoms with van der Waals surface area (Å²) in [6.45, 7) is 0.650. The van der Waals surface area contributed by atoms with Crippen molar-refractivity contribution < 1.29 is 18.1 Å². The molecule has 0 spiro atoms. The van der Waals surface area contributed by atoms with E-state index in [4.69, 9.17) is 9.54 Å². The Balaban J connectivity index is 1.64. The number of aliphatic hydroxyl groups excluding tert-OH is 1. The fraction of sp³-hybridized carbons (Fsp3) is 0.174. The van der Waals surface area contributed by atoms with E-state index in [0.717, 1.165) is 44.4 Å². The van der Waals surface area contributed by atoms with Gasteiger partial charge in [0.2, 0.25) is 0 Å². The Hall–Kier alpha value is -3.04. The third-order valence-corrected chi connectivity index (χ3v) is 5.24. The minimum atomic E-state index is -2.24. The van der Waals surface area contributed by atoms with Crippen molar-refractivity contribution in [1.29, 1.82) is 0 Å². The van der Waals surface area contributed by atoms with Crippen LogP contribution in [0.15, 0.2) is 66.7 Å². The lowest BCUT2D eigenvalue weighted by Crippen LogP contribution is -2.07. The van der Waals surface area contributed by atoms with Crippen LogP contribution in [0.3, 0.4) is 0 Å². The Morgan fingerprint density at radius 1 is 0.935 bits per heavy atom. The molecule has 0 aliphatic heterocycles. The van der Waals surface area contributed by atoms with Gasteiger partial charge in [0.1, 0.15) is 0 Å². The van der Waals surface area contributed by atoms with Crippen molar-refractivity contribution in [3.8, 4) is 0 Å². The molecule has 0 aliphatic rings. The maximum absolute atomic E-state index is 10.5. The molecule has 160 valence electrons. The van der Waals surface area contributed by atoms with E-state index in [1.165, 1.54) is 0 Å². The number of rotatable bonds is 9. The highest BCUT2D eigenvalue weighted by atomic mass is 32.2. The highest BCUT2D eigenvalue weighted by molar-refractivity contribution is 7.74. The molecule has 4 aromatic rings. The fourth-order valence-corrected chi connectivity index (χ4v) is 3.77. The van der Waals surface area contributed by atoms with Crippen LogP contribution in [0.4, 0.5) is 17.1 Å². The van der Waals surface area contributed by atoms with E-state index in [1.807, 2.05) is 66.7 Å². The number of nitrogens with one attached hydrogen (secondary N) is 2. The minimum Gasteiger partial charge on any atom is -0.392 e. The van der Waals surface area contributed by atoms with Gasteiger partial charge in [-0.2, -0.15) is 4.21 Å². The average Bonchev–Trinajstić information content (AvgIpc) is 2.78. The molecule has 0 saturated carbocycles. The number of para-hydroxylation sites is 2. The Morgan fingerprint density at radius 2 is 1.58 bits per heavy atom. The lowest BCUT2D eigenvalue weighted by atomic mass is 10.1. The van der Waals surface area contributed by atoms with Gasteiger partial charge in [-0.05, 0) is 42.3 Å². The molecule has 0 amide bonds. The van der Waals surface area contributed by atoms with Gasteiger partial charge in [0, 0.05) is 28.7 Å². The number of benzene rings is 3. The fourth-order valence-electron chi connectivity index (χ4n) is 3.51. The molecule has 0 bridgehead atoms. The summed E-state index contributed by atoms with van der Waals surface area (Å²) >= 11 is -2.24. The normalized spacial score (nSPS) is 12.2. The van der Waals surface area contributed by atoms with Gasteiger partial charge in [-0.25, -0.2) is 4.98 Å². The third kappa shape index (κ3) is 5.18. The monoisotopic (exact) mass is 437 g/mol. The SMILES string of the molecule is O=S(O)OCCCNc1cc(CO)cc(Nc2c3ccccc3nc3ccccc23)c1. The molecule has 3 aromatic carbocycles. The zero-order valence-corrected chi connectivity index (χ0v) is 17.6. The molecule has 0 fully saturated rings. The van der Waals surface area contributed by atoms with Crippen LogP contribution in [0.25, 0.3) is 21.8 Å². The largest absolute Gasteiger partial charge is 0.392 e. The van der Waals surface area contributed by atoms with Gasteiger partial charge >= 0.3 is 11.4 Å². The Labute approximate surface area is 182 Å². The van der Waals surface area contributed by atoms with Gasteiger partial charge in [0.05, 0.1) is 29.9 Å². The summed E-state index contributed by atoms with van der Waals surface area (Å²) < 4.78 is 23.8. The number of nitrogens with zero attached hydrogens (tertiary/aromatic N) is 1. The van der Waals surface area contributed by atoms with Crippen molar-refractivity contribution in [3.63, 3.8) is 0 Å². The molecule has 8 heteroatoms. The molecule has 4 N–H and O–H groups in total. The van der Waals surface area contributed by atoms with Gasteiger partial charge in [0.25, 0.3) is 0 Å². The Kier molecular flexibility index (Phi) is 6.73. The second-order valence-electron chi connectivity index (χ2n) is 7.04. The summed E-state index contributed by atoms with van der Waals surface area (Å²) in [5, 5.41) is 18.5. The van der Waals surface area contributed by atoms with Crippen LogP contribution in [0.2, 0.25) is 0 Å². The molecule has 7 nitrogen and oxygen atoms in total. The molecule has 1 heterocycles. The topological polar surface area (TPSA) is 104 Å². The number of aromatic nitrogens is 1. The molecular weight excluding hydrogens is 414 g/mol. The van der Waals surface area contributed by atoms with Gasteiger partial charge in [0.15, 0.2) is 0 Å². The molecule has 1 aromatic heterocycles. The van der Waals surface area contributed by atoms with Crippen molar-refractivity contribution in [2.45, 2.75) is 13.0 Å². The number of hydrogen-bond acceptors (Lipinski definition) is 6. The summed E-state index contributed by atoms with van der Waals surface area (Å²) in [5.41, 5.74) is 5.21. The van der Waals surface area contributed by atoms with E-state index >= 15 is 0 Å². The standard InChI is InChI=1S/C23H23N3O4S/c27-15-16-12-17(24-10-5-11-30-31(28)29)14-18(13-16)25-23-19-6-1-3-8-21(19)26-22-9-4-2-7-20(22)23/h1-4,6-9,12-14,24,27H,5,10-11,15H2,(H,25,26)(H,28,29). The first kappa shape index (κ1) is 21.2. The molecule has 1 atom stereocenters. The Morgan fingerprint density at radius 3 is 2.23 bits per heavy atom. The summed E-state index contributed by atoms with van der Waals surface area (Å²) in [7, 11) is 0. The second-order valence-corrected chi connectivity index (χ2v) is 7.71. The van der Waals surface area contributed by atoms with E-state index in [-0.39, 0.29) is 13.2 Å². The van der Waals surface area contributed by atoms with E-state index in [9.17, 15) is 9.32 Å². The first-order valence-electron chi connectivity index (χ1n) is 9.91. The first-order chi connectivity index (χ1) is 15.1. The van der Waals surface area contributed by atoms with Crippen molar-refractivity contribution >= 4 is 50.2 Å². The zero-order chi connectivity index (χ0) is 21.6. The van der Waals surface area contributed by atoms with E-state index < -0.39 is 11.4 Å². The third-order valence-electron chi connectivity index (χ3n) is 4.87. The molecule has 0 aliphatic carbocycles. The van der Waals surface area contributed by atoms with Crippen molar-refractivity contribution in [1.82, 2.24) is 4.98 Å². The maximum Gasteiger partial charge on any atom is 0.301 e. The molecule has 1 unspecified atom stereocenters. The van der Waals surface area contributed by atoms with Gasteiger partial charge in [-0.3, -0.25) is 8.74 Å². The quantitative estimate of drug-likeness (QED) is 0.173. The number of anilines is 3. The summed E-state index contributed by atoms with van der Waals surface area (Å²) in [5.74, 6) is 0. The summed E-state index contributed by atoms with van der Waals surface area (Å²) in [4.78, 5) is 4.76. The predicted octanol–water partition coefficient (Wildman–Crippen LogP) is 4.58. The van der Waals surface area contributed by atoms with Crippen LogP contribution in [0.1, 0.15) is 12.0 Å². The Bertz CT molecular complexity index is 1180. The molecular formula is C23H23N3O4S. The lowest BCUT2D eigenvalue weighted by Gasteiger charge is -2.16. The first-order valence-corrected chi connectivity index (χ1v) is 10.9. The highest BCUT2D eigenvalue weighted by Gasteiger charge is 2.10. The van der Waals surface area contributed by atoms with Crippen LogP contribution >= 0.6 is 0 Å². The lowest BCUT2D eigenvalue weighted by molar-refractivity contribution is 0.282. The zero-order valence-electron chi connectivity index (χ0n) is 16.7. The predicted molar refractivity (Wildman–Crippen MR) is 125 cm³/mol. The minimum absolute atomic E-state index is 0.0886. The van der Waals surface area contributed by atoms with Crippen LogP contribution in [-0.2, 0) is 22.2 Å². The number of hydrogen-bond donors (Lipinski definition) is 4.